The molecule has 0 unspecified atom stereocenters. The monoisotopic (exact) mass is 427 g/mol. The second-order valence-electron chi connectivity index (χ2n) is 4.87. The standard InChI is InChI=1S/C16H12BrCl2N3S/c1-22-15(12-4-2-3-5-13(12)17)20-21-16(22)23-9-10-6-7-11(18)8-14(10)19/h2-8H,9H2,1H3. The third-order valence-electron chi connectivity index (χ3n) is 3.32. The van der Waals surface area contributed by atoms with Gasteiger partial charge in [0.05, 0.1) is 0 Å². The molecule has 118 valence electrons. The minimum Gasteiger partial charge on any atom is -0.305 e. The summed E-state index contributed by atoms with van der Waals surface area (Å²) in [6.45, 7) is 0. The van der Waals surface area contributed by atoms with Crippen LogP contribution in [0.25, 0.3) is 11.4 Å². The highest BCUT2D eigenvalue weighted by Gasteiger charge is 2.14. The van der Waals surface area contributed by atoms with Gasteiger partial charge in [0.15, 0.2) is 11.0 Å². The van der Waals surface area contributed by atoms with Crippen LogP contribution in [-0.4, -0.2) is 14.8 Å². The lowest BCUT2D eigenvalue weighted by atomic mass is 10.2. The van der Waals surface area contributed by atoms with Crippen molar-refractivity contribution >= 4 is 50.9 Å². The lowest BCUT2D eigenvalue weighted by Crippen LogP contribution is -1.95. The number of hydrogen-bond acceptors (Lipinski definition) is 3. The molecule has 0 amide bonds. The van der Waals surface area contributed by atoms with E-state index in [4.69, 9.17) is 23.2 Å². The fourth-order valence-corrected chi connectivity index (χ4v) is 4.03. The van der Waals surface area contributed by atoms with Crippen molar-refractivity contribution in [3.8, 4) is 11.4 Å². The Morgan fingerprint density at radius 3 is 2.65 bits per heavy atom. The molecule has 0 radical (unpaired) electrons. The van der Waals surface area contributed by atoms with Gasteiger partial charge in [-0.15, -0.1) is 10.2 Å². The molecule has 0 fully saturated rings. The molecule has 0 atom stereocenters. The number of thioether (sulfide) groups is 1. The minimum absolute atomic E-state index is 0.638. The highest BCUT2D eigenvalue weighted by molar-refractivity contribution is 9.10. The second kappa shape index (κ2) is 7.26. The first-order valence-electron chi connectivity index (χ1n) is 6.77. The quantitative estimate of drug-likeness (QED) is 0.488. The van der Waals surface area contributed by atoms with Crippen LogP contribution in [0, 0.1) is 0 Å². The van der Waals surface area contributed by atoms with E-state index in [9.17, 15) is 0 Å². The van der Waals surface area contributed by atoms with Crippen molar-refractivity contribution in [3.63, 3.8) is 0 Å². The van der Waals surface area contributed by atoms with Crippen LogP contribution in [0.2, 0.25) is 10.0 Å². The third-order valence-corrected chi connectivity index (χ3v) is 5.67. The number of halogens is 3. The summed E-state index contributed by atoms with van der Waals surface area (Å²) in [4.78, 5) is 0. The van der Waals surface area contributed by atoms with E-state index in [0.717, 1.165) is 26.6 Å². The van der Waals surface area contributed by atoms with E-state index in [0.29, 0.717) is 15.8 Å². The lowest BCUT2D eigenvalue weighted by molar-refractivity contribution is 0.793. The van der Waals surface area contributed by atoms with E-state index in [-0.39, 0.29) is 0 Å². The van der Waals surface area contributed by atoms with Gasteiger partial charge in [-0.3, -0.25) is 0 Å². The first-order chi connectivity index (χ1) is 11.1. The summed E-state index contributed by atoms with van der Waals surface area (Å²) < 4.78 is 2.97. The van der Waals surface area contributed by atoms with E-state index < -0.39 is 0 Å². The van der Waals surface area contributed by atoms with E-state index >= 15 is 0 Å². The van der Waals surface area contributed by atoms with E-state index in [2.05, 4.69) is 26.1 Å². The topological polar surface area (TPSA) is 30.7 Å². The summed E-state index contributed by atoms with van der Waals surface area (Å²) in [6, 6.07) is 13.5. The van der Waals surface area contributed by atoms with Crippen LogP contribution >= 0.6 is 50.9 Å². The van der Waals surface area contributed by atoms with Crippen molar-refractivity contribution in [3.05, 3.63) is 62.5 Å². The Hall–Kier alpha value is -1.01. The van der Waals surface area contributed by atoms with Gasteiger partial charge in [-0.1, -0.05) is 75.2 Å². The van der Waals surface area contributed by atoms with Gasteiger partial charge in [-0.05, 0) is 23.8 Å². The average Bonchev–Trinajstić information content (AvgIpc) is 2.88. The number of aromatic nitrogens is 3. The van der Waals surface area contributed by atoms with E-state index in [1.807, 2.05) is 48.0 Å². The Balaban J connectivity index is 1.81. The van der Waals surface area contributed by atoms with Crippen LogP contribution in [0.3, 0.4) is 0 Å². The van der Waals surface area contributed by atoms with Gasteiger partial charge in [0.2, 0.25) is 0 Å². The van der Waals surface area contributed by atoms with Crippen LogP contribution in [-0.2, 0) is 12.8 Å². The van der Waals surface area contributed by atoms with Gasteiger partial charge in [0, 0.05) is 32.9 Å². The number of rotatable bonds is 4. The molecule has 3 rings (SSSR count). The summed E-state index contributed by atoms with van der Waals surface area (Å²) in [5, 5.41) is 10.7. The average molecular weight is 429 g/mol. The van der Waals surface area contributed by atoms with Crippen molar-refractivity contribution in [2.24, 2.45) is 7.05 Å². The van der Waals surface area contributed by atoms with E-state index in [1.165, 1.54) is 0 Å². The molecule has 3 aromatic rings. The van der Waals surface area contributed by atoms with Gasteiger partial charge >= 0.3 is 0 Å². The van der Waals surface area contributed by atoms with Crippen molar-refractivity contribution in [1.82, 2.24) is 14.8 Å². The zero-order valence-corrected chi connectivity index (χ0v) is 16.0. The fourth-order valence-electron chi connectivity index (χ4n) is 2.10. The molecular formula is C16H12BrCl2N3S. The molecule has 0 N–H and O–H groups in total. The molecule has 0 aliphatic heterocycles. The second-order valence-corrected chi connectivity index (χ2v) is 7.51. The molecule has 2 aromatic carbocycles. The zero-order chi connectivity index (χ0) is 16.4. The van der Waals surface area contributed by atoms with Gasteiger partial charge in [-0.25, -0.2) is 0 Å². The largest absolute Gasteiger partial charge is 0.305 e. The normalized spacial score (nSPS) is 11.0. The third kappa shape index (κ3) is 3.74. The summed E-state index contributed by atoms with van der Waals surface area (Å²) in [5.41, 5.74) is 2.03. The van der Waals surface area contributed by atoms with Crippen molar-refractivity contribution < 1.29 is 0 Å². The van der Waals surface area contributed by atoms with Gasteiger partial charge in [0.1, 0.15) is 0 Å². The maximum atomic E-state index is 6.21. The Bertz CT molecular complexity index is 851. The molecule has 23 heavy (non-hydrogen) atoms. The number of nitrogens with zero attached hydrogens (tertiary/aromatic N) is 3. The number of benzene rings is 2. The summed E-state index contributed by atoms with van der Waals surface area (Å²) in [6.07, 6.45) is 0. The maximum Gasteiger partial charge on any atom is 0.191 e. The maximum absolute atomic E-state index is 6.21. The highest BCUT2D eigenvalue weighted by Crippen LogP contribution is 2.31. The summed E-state index contributed by atoms with van der Waals surface area (Å²) in [7, 11) is 1.96. The first-order valence-corrected chi connectivity index (χ1v) is 9.30. The minimum atomic E-state index is 0.638. The molecule has 0 aliphatic rings. The predicted octanol–water partition coefficient (Wildman–Crippen LogP) is 5.84. The van der Waals surface area contributed by atoms with Crippen molar-refractivity contribution in [2.75, 3.05) is 0 Å². The first kappa shape index (κ1) is 16.8. The fraction of sp³-hybridized carbons (Fsp3) is 0.125. The van der Waals surface area contributed by atoms with Crippen molar-refractivity contribution in [1.29, 1.82) is 0 Å². The Morgan fingerprint density at radius 2 is 1.91 bits per heavy atom. The smallest absolute Gasteiger partial charge is 0.191 e. The van der Waals surface area contributed by atoms with Crippen LogP contribution in [0.4, 0.5) is 0 Å². The van der Waals surface area contributed by atoms with E-state index in [1.54, 1.807) is 17.8 Å². The molecule has 0 saturated carbocycles. The molecule has 0 saturated heterocycles. The molecule has 0 spiro atoms. The molecule has 3 nitrogen and oxygen atoms in total. The van der Waals surface area contributed by atoms with Crippen LogP contribution in [0.15, 0.2) is 52.1 Å². The summed E-state index contributed by atoms with van der Waals surface area (Å²) in [5.74, 6) is 1.53. The Kier molecular flexibility index (Phi) is 5.31. The molecule has 0 aliphatic carbocycles. The predicted molar refractivity (Wildman–Crippen MR) is 100 cm³/mol. The van der Waals surface area contributed by atoms with Crippen LogP contribution in [0.5, 0.6) is 0 Å². The van der Waals surface area contributed by atoms with Gasteiger partial charge in [-0.2, -0.15) is 0 Å². The molecular weight excluding hydrogens is 417 g/mol. The van der Waals surface area contributed by atoms with Gasteiger partial charge in [0.25, 0.3) is 0 Å². The molecule has 1 heterocycles. The molecule has 1 aromatic heterocycles. The molecule has 0 bridgehead atoms. The zero-order valence-electron chi connectivity index (χ0n) is 12.1. The Morgan fingerprint density at radius 1 is 1.13 bits per heavy atom. The van der Waals surface area contributed by atoms with Crippen LogP contribution < -0.4 is 0 Å². The highest BCUT2D eigenvalue weighted by atomic mass is 79.9. The summed E-state index contributed by atoms with van der Waals surface area (Å²) >= 11 is 17.3. The number of hydrogen-bond donors (Lipinski definition) is 0. The van der Waals surface area contributed by atoms with Crippen molar-refractivity contribution in [2.45, 2.75) is 10.9 Å². The SMILES string of the molecule is Cn1c(SCc2ccc(Cl)cc2Cl)nnc1-c1ccccc1Br. The lowest BCUT2D eigenvalue weighted by Gasteiger charge is -2.06. The van der Waals surface area contributed by atoms with Gasteiger partial charge < -0.3 is 4.57 Å². The Labute approximate surface area is 157 Å². The molecule has 7 heteroatoms. The van der Waals surface area contributed by atoms with Crippen LogP contribution in [0.1, 0.15) is 5.56 Å².